The third-order valence-corrected chi connectivity index (χ3v) is 4.43. The van der Waals surface area contributed by atoms with Crippen molar-refractivity contribution in [3.63, 3.8) is 0 Å². The molecule has 0 aliphatic heterocycles. The van der Waals surface area contributed by atoms with Gasteiger partial charge in [0.05, 0.1) is 12.6 Å². The Kier molecular flexibility index (Phi) is 3.68. The minimum absolute atomic E-state index is 0.254. The van der Waals surface area contributed by atoms with Crippen LogP contribution in [0.15, 0.2) is 42.5 Å². The summed E-state index contributed by atoms with van der Waals surface area (Å²) < 4.78 is 19.1. The van der Waals surface area contributed by atoms with Crippen LogP contribution in [0.1, 0.15) is 36.0 Å². The van der Waals surface area contributed by atoms with E-state index in [4.69, 9.17) is 10.5 Å². The van der Waals surface area contributed by atoms with Crippen molar-refractivity contribution in [3.8, 4) is 5.75 Å². The maximum Gasteiger partial charge on any atom is 0.165 e. The minimum Gasteiger partial charge on any atom is -0.494 e. The van der Waals surface area contributed by atoms with Crippen LogP contribution in [-0.2, 0) is 12.0 Å². The Morgan fingerprint density at radius 1 is 1.14 bits per heavy atom. The average Bonchev–Trinajstić information content (AvgIpc) is 2.68. The van der Waals surface area contributed by atoms with Crippen molar-refractivity contribution in [2.75, 3.05) is 7.11 Å². The fourth-order valence-electron chi connectivity index (χ4n) is 3.27. The molecule has 0 radical (unpaired) electrons. The van der Waals surface area contributed by atoms with E-state index in [1.165, 1.54) is 18.7 Å². The second-order valence-electron chi connectivity index (χ2n) is 5.68. The summed E-state index contributed by atoms with van der Waals surface area (Å²) >= 11 is 0. The second kappa shape index (κ2) is 5.49. The summed E-state index contributed by atoms with van der Waals surface area (Å²) in [6.07, 6.45) is 4.02. The second-order valence-corrected chi connectivity index (χ2v) is 5.68. The van der Waals surface area contributed by atoms with E-state index in [-0.39, 0.29) is 11.6 Å². The molecule has 3 rings (SSSR count). The molecule has 0 amide bonds. The van der Waals surface area contributed by atoms with Crippen molar-refractivity contribution in [2.24, 2.45) is 5.73 Å². The van der Waals surface area contributed by atoms with Crippen molar-refractivity contribution < 1.29 is 9.13 Å². The third kappa shape index (κ3) is 2.42. The van der Waals surface area contributed by atoms with Crippen LogP contribution in [0.3, 0.4) is 0 Å². The molecular weight excluding hydrogens is 265 g/mol. The maximum atomic E-state index is 14.1. The first kappa shape index (κ1) is 14.1. The highest BCUT2D eigenvalue weighted by Crippen LogP contribution is 2.38. The lowest BCUT2D eigenvalue weighted by Crippen LogP contribution is -2.38. The highest BCUT2D eigenvalue weighted by Gasteiger charge is 2.33. The Balaban J connectivity index is 2.13. The van der Waals surface area contributed by atoms with Gasteiger partial charge in [-0.3, -0.25) is 0 Å². The summed E-state index contributed by atoms with van der Waals surface area (Å²) in [5.74, 6) is -0.106. The van der Waals surface area contributed by atoms with Crippen LogP contribution in [0.2, 0.25) is 0 Å². The average molecular weight is 285 g/mol. The summed E-state index contributed by atoms with van der Waals surface area (Å²) in [6.45, 7) is 0. The summed E-state index contributed by atoms with van der Waals surface area (Å²) in [5.41, 5.74) is 9.32. The first-order chi connectivity index (χ1) is 10.1. The molecule has 1 aliphatic rings. The van der Waals surface area contributed by atoms with Crippen LogP contribution in [0.5, 0.6) is 5.75 Å². The highest BCUT2D eigenvalue weighted by molar-refractivity contribution is 5.45. The summed E-state index contributed by atoms with van der Waals surface area (Å²) in [5, 5.41) is 0. The first-order valence-corrected chi connectivity index (χ1v) is 7.36. The minimum atomic E-state index is -0.625. The van der Waals surface area contributed by atoms with E-state index in [0.29, 0.717) is 0 Å². The standard InChI is InChI=1S/C18H20FNO/c1-21-17-10-9-14(12-16(17)19)18(20)11-5-4-7-13-6-2-3-8-15(13)18/h2-3,6,8-10,12H,4-5,7,11,20H2,1H3. The van der Waals surface area contributed by atoms with Gasteiger partial charge in [-0.25, -0.2) is 4.39 Å². The number of benzene rings is 2. The van der Waals surface area contributed by atoms with E-state index in [2.05, 4.69) is 12.1 Å². The van der Waals surface area contributed by atoms with Crippen molar-refractivity contribution in [3.05, 3.63) is 65.0 Å². The number of fused-ring (bicyclic) bond motifs is 1. The van der Waals surface area contributed by atoms with Gasteiger partial charge in [-0.05, 0) is 48.1 Å². The molecule has 1 unspecified atom stereocenters. The topological polar surface area (TPSA) is 35.2 Å². The molecule has 2 aromatic carbocycles. The van der Waals surface area contributed by atoms with Crippen LogP contribution >= 0.6 is 0 Å². The van der Waals surface area contributed by atoms with Gasteiger partial charge in [0, 0.05) is 0 Å². The van der Waals surface area contributed by atoms with Gasteiger partial charge in [0.25, 0.3) is 0 Å². The smallest absolute Gasteiger partial charge is 0.165 e. The Hall–Kier alpha value is -1.87. The number of methoxy groups -OCH3 is 1. The molecule has 2 aromatic rings. The lowest BCUT2D eigenvalue weighted by Gasteiger charge is -2.31. The quantitative estimate of drug-likeness (QED) is 0.853. The van der Waals surface area contributed by atoms with E-state index in [1.807, 2.05) is 18.2 Å². The molecule has 0 fully saturated rings. The molecule has 0 saturated carbocycles. The zero-order valence-electron chi connectivity index (χ0n) is 12.2. The predicted molar refractivity (Wildman–Crippen MR) is 81.9 cm³/mol. The molecule has 1 atom stereocenters. The Bertz CT molecular complexity index is 655. The SMILES string of the molecule is COc1ccc(C2(N)CCCCc3ccccc32)cc1F. The molecule has 0 saturated heterocycles. The van der Waals surface area contributed by atoms with Gasteiger partial charge in [0.1, 0.15) is 0 Å². The van der Waals surface area contributed by atoms with Gasteiger partial charge in [0.15, 0.2) is 11.6 Å². The number of halogens is 1. The van der Waals surface area contributed by atoms with Gasteiger partial charge in [-0.1, -0.05) is 36.8 Å². The monoisotopic (exact) mass is 285 g/mol. The van der Waals surface area contributed by atoms with Crippen LogP contribution in [0, 0.1) is 5.82 Å². The lowest BCUT2D eigenvalue weighted by atomic mass is 9.79. The molecule has 0 heterocycles. The predicted octanol–water partition coefficient (Wildman–Crippen LogP) is 3.76. The molecule has 0 bridgehead atoms. The number of rotatable bonds is 2. The molecule has 2 nitrogen and oxygen atoms in total. The van der Waals surface area contributed by atoms with Crippen LogP contribution in [0.4, 0.5) is 4.39 Å². The molecule has 2 N–H and O–H groups in total. The van der Waals surface area contributed by atoms with E-state index in [0.717, 1.165) is 36.8 Å². The molecule has 21 heavy (non-hydrogen) atoms. The maximum absolute atomic E-state index is 14.1. The zero-order chi connectivity index (χ0) is 14.9. The molecule has 3 heteroatoms. The van der Waals surface area contributed by atoms with Crippen molar-refractivity contribution >= 4 is 0 Å². The van der Waals surface area contributed by atoms with Gasteiger partial charge in [-0.2, -0.15) is 0 Å². The number of aryl methyl sites for hydroxylation is 1. The van der Waals surface area contributed by atoms with E-state index in [1.54, 1.807) is 6.07 Å². The van der Waals surface area contributed by atoms with Crippen LogP contribution < -0.4 is 10.5 Å². The van der Waals surface area contributed by atoms with E-state index < -0.39 is 5.54 Å². The first-order valence-electron chi connectivity index (χ1n) is 7.36. The van der Waals surface area contributed by atoms with Crippen molar-refractivity contribution in [1.29, 1.82) is 0 Å². The van der Waals surface area contributed by atoms with Gasteiger partial charge >= 0.3 is 0 Å². The molecule has 0 aromatic heterocycles. The lowest BCUT2D eigenvalue weighted by molar-refractivity contribution is 0.384. The van der Waals surface area contributed by atoms with Crippen molar-refractivity contribution in [2.45, 2.75) is 31.2 Å². The summed E-state index contributed by atoms with van der Waals surface area (Å²) in [4.78, 5) is 0. The van der Waals surface area contributed by atoms with Crippen molar-refractivity contribution in [1.82, 2.24) is 0 Å². The van der Waals surface area contributed by atoms with Gasteiger partial charge in [0.2, 0.25) is 0 Å². The normalized spacial score (nSPS) is 21.5. The Labute approximate surface area is 124 Å². The number of hydrogen-bond acceptors (Lipinski definition) is 2. The van der Waals surface area contributed by atoms with E-state index in [9.17, 15) is 4.39 Å². The Morgan fingerprint density at radius 2 is 1.95 bits per heavy atom. The number of ether oxygens (including phenoxy) is 1. The largest absolute Gasteiger partial charge is 0.494 e. The summed E-state index contributed by atoms with van der Waals surface area (Å²) in [6, 6.07) is 13.3. The van der Waals surface area contributed by atoms with Crippen LogP contribution in [0.25, 0.3) is 0 Å². The molecular formula is C18H20FNO. The van der Waals surface area contributed by atoms with Gasteiger partial charge < -0.3 is 10.5 Å². The molecule has 0 spiro atoms. The van der Waals surface area contributed by atoms with Gasteiger partial charge in [-0.15, -0.1) is 0 Å². The Morgan fingerprint density at radius 3 is 2.71 bits per heavy atom. The number of nitrogens with two attached hydrogens (primary N) is 1. The summed E-state index contributed by atoms with van der Waals surface area (Å²) in [7, 11) is 1.47. The third-order valence-electron chi connectivity index (χ3n) is 4.43. The fraction of sp³-hybridized carbons (Fsp3) is 0.333. The number of hydrogen-bond donors (Lipinski definition) is 1. The molecule has 1 aliphatic carbocycles. The molecule has 110 valence electrons. The zero-order valence-corrected chi connectivity index (χ0v) is 12.2. The fourth-order valence-corrected chi connectivity index (χ4v) is 3.27. The van der Waals surface area contributed by atoms with Crippen LogP contribution in [-0.4, -0.2) is 7.11 Å². The van der Waals surface area contributed by atoms with E-state index >= 15 is 0 Å². The highest BCUT2D eigenvalue weighted by atomic mass is 19.1.